The summed E-state index contributed by atoms with van der Waals surface area (Å²) in [5.41, 5.74) is 1.28. The number of carbonyl (C=O) groups is 1. The number of nitrogens with zero attached hydrogens (tertiary/aromatic N) is 2. The molecule has 0 aliphatic heterocycles. The summed E-state index contributed by atoms with van der Waals surface area (Å²) in [7, 11) is 0. The Morgan fingerprint density at radius 1 is 1.23 bits per heavy atom. The predicted octanol–water partition coefficient (Wildman–Crippen LogP) is 1.70. The van der Waals surface area contributed by atoms with Gasteiger partial charge >= 0.3 is 0 Å². The normalized spacial score (nSPS) is 10.8. The molecule has 0 saturated heterocycles. The highest BCUT2D eigenvalue weighted by atomic mass is 16.4. The van der Waals surface area contributed by atoms with Crippen molar-refractivity contribution in [2.75, 3.05) is 0 Å². The topological polar surface area (TPSA) is 48.9 Å². The minimum Gasteiger partial charge on any atom is -0.550 e. The van der Waals surface area contributed by atoms with Crippen LogP contribution in [-0.2, 0) is 24.3 Å². The molecule has 1 aromatic carbocycles. The fraction of sp³-hybridized carbons (Fsp3) is 0.444. The highest BCUT2D eigenvalue weighted by Crippen LogP contribution is 2.06. The lowest BCUT2D eigenvalue weighted by Crippen LogP contribution is -2.38. The summed E-state index contributed by atoms with van der Waals surface area (Å²) in [5.74, 6) is 0.295. The van der Waals surface area contributed by atoms with Crippen molar-refractivity contribution in [2.45, 2.75) is 52.1 Å². The average molecular weight is 300 g/mol. The molecule has 0 atom stereocenters. The van der Waals surface area contributed by atoms with E-state index >= 15 is 0 Å². The Morgan fingerprint density at radius 3 is 2.68 bits per heavy atom. The summed E-state index contributed by atoms with van der Waals surface area (Å²) in [6.45, 7) is 3.77. The van der Waals surface area contributed by atoms with Crippen LogP contribution >= 0.6 is 0 Å². The van der Waals surface area contributed by atoms with Crippen LogP contribution in [0.25, 0.3) is 0 Å². The number of rotatable bonds is 9. The highest BCUT2D eigenvalue weighted by Gasteiger charge is 2.16. The Hall–Kier alpha value is -2.10. The quantitative estimate of drug-likeness (QED) is 0.662. The van der Waals surface area contributed by atoms with Crippen LogP contribution in [0.15, 0.2) is 42.7 Å². The number of imidazole rings is 1. The van der Waals surface area contributed by atoms with Gasteiger partial charge in [0, 0.05) is 12.4 Å². The van der Waals surface area contributed by atoms with Crippen molar-refractivity contribution < 1.29 is 14.5 Å². The van der Waals surface area contributed by atoms with E-state index in [0.717, 1.165) is 32.4 Å². The Kier molecular flexibility index (Phi) is 6.19. The second kappa shape index (κ2) is 8.37. The number of aromatic nitrogens is 2. The second-order valence-corrected chi connectivity index (χ2v) is 5.60. The number of carboxylic acid groups (broad SMARTS) is 1. The molecule has 0 aliphatic rings. The van der Waals surface area contributed by atoms with Gasteiger partial charge in [-0.15, -0.1) is 0 Å². The zero-order chi connectivity index (χ0) is 15.8. The van der Waals surface area contributed by atoms with Gasteiger partial charge in [0.2, 0.25) is 0 Å². The second-order valence-electron chi connectivity index (χ2n) is 5.60. The number of carboxylic acids is 1. The molecule has 0 unspecified atom stereocenters. The molecule has 0 radical (unpaired) electrons. The predicted molar refractivity (Wildman–Crippen MR) is 83.0 cm³/mol. The van der Waals surface area contributed by atoms with Crippen molar-refractivity contribution >= 4 is 5.97 Å². The Bertz CT molecular complexity index is 590. The Balaban J connectivity index is 2.11. The Labute approximate surface area is 132 Å². The van der Waals surface area contributed by atoms with Gasteiger partial charge in [-0.2, -0.15) is 0 Å². The van der Waals surface area contributed by atoms with Crippen LogP contribution in [0, 0.1) is 0 Å². The number of hydrogen-bond acceptors (Lipinski definition) is 2. The number of carbonyl (C=O) groups excluding carboxylic acids is 1. The molecule has 4 heteroatoms. The smallest absolute Gasteiger partial charge is 0.256 e. The first-order chi connectivity index (χ1) is 10.7. The summed E-state index contributed by atoms with van der Waals surface area (Å²) in [6.07, 6.45) is 8.18. The fourth-order valence-electron chi connectivity index (χ4n) is 2.64. The third-order valence-electron chi connectivity index (χ3n) is 3.82. The van der Waals surface area contributed by atoms with E-state index in [9.17, 15) is 9.90 Å². The number of benzene rings is 1. The van der Waals surface area contributed by atoms with Crippen LogP contribution in [-0.4, -0.2) is 10.5 Å². The van der Waals surface area contributed by atoms with Crippen LogP contribution in [0.4, 0.5) is 0 Å². The van der Waals surface area contributed by atoms with Gasteiger partial charge in [-0.1, -0.05) is 43.7 Å². The zero-order valence-corrected chi connectivity index (χ0v) is 13.2. The lowest BCUT2D eigenvalue weighted by molar-refractivity contribution is -0.695. The minimum atomic E-state index is -0.973. The van der Waals surface area contributed by atoms with Gasteiger partial charge in [0.25, 0.3) is 5.82 Å². The minimum absolute atomic E-state index is 0.115. The third-order valence-corrected chi connectivity index (χ3v) is 3.82. The first-order valence-electron chi connectivity index (χ1n) is 8.02. The monoisotopic (exact) mass is 300 g/mol. The molecule has 1 heterocycles. The molecule has 0 fully saturated rings. The van der Waals surface area contributed by atoms with Crippen molar-refractivity contribution in [1.29, 1.82) is 0 Å². The van der Waals surface area contributed by atoms with Crippen molar-refractivity contribution in [1.82, 2.24) is 4.57 Å². The molecular formula is C18H24N2O2. The lowest BCUT2D eigenvalue weighted by Gasteiger charge is -2.06. The summed E-state index contributed by atoms with van der Waals surface area (Å²) in [5, 5.41) is 10.6. The lowest BCUT2D eigenvalue weighted by atomic mass is 10.2. The molecule has 118 valence electrons. The zero-order valence-electron chi connectivity index (χ0n) is 13.2. The summed E-state index contributed by atoms with van der Waals surface area (Å²) in [6, 6.07) is 10.4. The van der Waals surface area contributed by atoms with Crippen LogP contribution in [0.2, 0.25) is 0 Å². The van der Waals surface area contributed by atoms with Crippen LogP contribution in [0.1, 0.15) is 44.0 Å². The first-order valence-corrected chi connectivity index (χ1v) is 8.02. The van der Waals surface area contributed by atoms with Gasteiger partial charge in [0.05, 0.1) is 6.54 Å². The molecule has 2 aromatic rings. The maximum Gasteiger partial charge on any atom is 0.256 e. The molecule has 0 bridgehead atoms. The van der Waals surface area contributed by atoms with E-state index < -0.39 is 5.97 Å². The highest BCUT2D eigenvalue weighted by molar-refractivity contribution is 5.64. The molecule has 0 N–H and O–H groups in total. The van der Waals surface area contributed by atoms with Gasteiger partial charge in [0.1, 0.15) is 18.9 Å². The molecule has 1 aromatic heterocycles. The molecule has 4 nitrogen and oxygen atoms in total. The molecule has 2 rings (SSSR count). The van der Waals surface area contributed by atoms with Crippen LogP contribution in [0.3, 0.4) is 0 Å². The molecule has 0 aliphatic carbocycles. The van der Waals surface area contributed by atoms with Gasteiger partial charge in [-0.25, -0.2) is 9.13 Å². The van der Waals surface area contributed by atoms with Gasteiger partial charge < -0.3 is 9.90 Å². The van der Waals surface area contributed by atoms with E-state index in [1.807, 2.05) is 6.07 Å². The van der Waals surface area contributed by atoms with Gasteiger partial charge in [-0.3, -0.25) is 0 Å². The largest absolute Gasteiger partial charge is 0.550 e. The van der Waals surface area contributed by atoms with Crippen molar-refractivity contribution in [2.24, 2.45) is 0 Å². The summed E-state index contributed by atoms with van der Waals surface area (Å²) in [4.78, 5) is 10.6. The molecule has 0 saturated carbocycles. The maximum atomic E-state index is 10.6. The van der Waals surface area contributed by atoms with E-state index in [4.69, 9.17) is 0 Å². The van der Waals surface area contributed by atoms with Gasteiger partial charge in [0.15, 0.2) is 0 Å². The number of aliphatic carboxylic acids is 1. The van der Waals surface area contributed by atoms with E-state index in [0.29, 0.717) is 6.42 Å². The van der Waals surface area contributed by atoms with Gasteiger partial charge in [-0.05, 0) is 24.8 Å². The van der Waals surface area contributed by atoms with Crippen molar-refractivity contribution in [3.8, 4) is 0 Å². The van der Waals surface area contributed by atoms with Crippen molar-refractivity contribution in [3.05, 3.63) is 54.1 Å². The molecule has 0 amide bonds. The standard InChI is InChI=1S/C18H24N2O2/c1-2-3-10-17-19(12-7-11-18(21)22)13-14-20(17)15-16-8-5-4-6-9-16/h4-6,8-9,13-14H,2-3,7,10-12,15H2,1H3. The van der Waals surface area contributed by atoms with E-state index in [1.165, 1.54) is 11.4 Å². The van der Waals surface area contributed by atoms with E-state index in [1.54, 1.807) is 0 Å². The third kappa shape index (κ3) is 4.72. The van der Waals surface area contributed by atoms with E-state index in [-0.39, 0.29) is 6.42 Å². The average Bonchev–Trinajstić information content (AvgIpc) is 2.88. The van der Waals surface area contributed by atoms with E-state index in [2.05, 4.69) is 52.7 Å². The maximum absolute atomic E-state index is 10.6. The number of unbranched alkanes of at least 4 members (excludes halogenated alkanes) is 1. The SMILES string of the molecule is CCCCc1n(CCCC(=O)[O-])cc[n+]1Cc1ccccc1. The first kappa shape index (κ1) is 16.3. The number of hydrogen-bond donors (Lipinski definition) is 0. The molecular weight excluding hydrogens is 276 g/mol. The summed E-state index contributed by atoms with van der Waals surface area (Å²) < 4.78 is 4.45. The molecule has 22 heavy (non-hydrogen) atoms. The van der Waals surface area contributed by atoms with Crippen LogP contribution < -0.4 is 9.67 Å². The number of aryl methyl sites for hydroxylation is 1. The van der Waals surface area contributed by atoms with Crippen LogP contribution in [0.5, 0.6) is 0 Å². The summed E-state index contributed by atoms with van der Waals surface area (Å²) >= 11 is 0. The van der Waals surface area contributed by atoms with Crippen molar-refractivity contribution in [3.63, 3.8) is 0 Å². The Morgan fingerprint density at radius 2 is 2.00 bits per heavy atom. The fourth-order valence-corrected chi connectivity index (χ4v) is 2.64. The molecule has 0 spiro atoms.